The van der Waals surface area contributed by atoms with Gasteiger partial charge in [-0.25, -0.2) is 9.37 Å². The normalized spacial score (nSPS) is 11.0. The number of nitrogens with zero attached hydrogens (tertiary/aromatic N) is 2. The number of imidazole rings is 1. The second kappa shape index (κ2) is 8.20. The average molecular weight is 369 g/mol. The molecule has 0 spiro atoms. The number of fused-ring (bicyclic) bond motifs is 1. The first kappa shape index (κ1) is 18.9. The topological polar surface area (TPSA) is 56.1 Å². The number of amides is 1. The number of benzene rings is 2. The maximum absolute atomic E-state index is 13.3. The van der Waals surface area contributed by atoms with Crippen molar-refractivity contribution in [2.75, 3.05) is 13.2 Å². The van der Waals surface area contributed by atoms with Crippen molar-refractivity contribution >= 4 is 16.9 Å². The van der Waals surface area contributed by atoms with Crippen LogP contribution in [0.2, 0.25) is 0 Å². The molecule has 1 N–H and O–H groups in total. The zero-order valence-electron chi connectivity index (χ0n) is 15.9. The third kappa shape index (κ3) is 4.45. The van der Waals surface area contributed by atoms with E-state index in [2.05, 4.69) is 10.3 Å². The van der Waals surface area contributed by atoms with Crippen molar-refractivity contribution in [3.8, 4) is 5.75 Å². The van der Waals surface area contributed by atoms with Crippen LogP contribution >= 0.6 is 0 Å². The highest BCUT2D eigenvalue weighted by Gasteiger charge is 2.09. The molecule has 0 bridgehead atoms. The molecule has 0 radical (unpaired) electrons. The Morgan fingerprint density at radius 2 is 2.07 bits per heavy atom. The van der Waals surface area contributed by atoms with Crippen molar-refractivity contribution in [3.63, 3.8) is 0 Å². The number of hydrogen-bond acceptors (Lipinski definition) is 3. The first-order valence-corrected chi connectivity index (χ1v) is 9.02. The Kier molecular flexibility index (Phi) is 5.74. The zero-order chi connectivity index (χ0) is 19.4. The summed E-state index contributed by atoms with van der Waals surface area (Å²) in [4.78, 5) is 16.4. The molecule has 6 heteroatoms. The summed E-state index contributed by atoms with van der Waals surface area (Å²) in [6.07, 6.45) is 0.873. The van der Waals surface area contributed by atoms with Gasteiger partial charge in [-0.15, -0.1) is 0 Å². The third-order valence-electron chi connectivity index (χ3n) is 4.75. The molecule has 2 aromatic carbocycles. The Morgan fingerprint density at radius 3 is 2.89 bits per heavy atom. The molecule has 27 heavy (non-hydrogen) atoms. The highest BCUT2D eigenvalue weighted by Crippen LogP contribution is 2.20. The van der Waals surface area contributed by atoms with Crippen molar-refractivity contribution in [1.29, 1.82) is 0 Å². The number of nitrogens with one attached hydrogen (secondary N) is 1. The molecule has 0 saturated carbocycles. The van der Waals surface area contributed by atoms with Gasteiger partial charge in [-0.3, -0.25) is 4.79 Å². The highest BCUT2D eigenvalue weighted by molar-refractivity contribution is 5.76. The summed E-state index contributed by atoms with van der Waals surface area (Å²) in [5.74, 6) is 1.26. The number of carbonyl (C=O) groups is 1. The molecule has 0 saturated heterocycles. The highest BCUT2D eigenvalue weighted by atomic mass is 19.1. The van der Waals surface area contributed by atoms with Crippen LogP contribution in [0.15, 0.2) is 36.4 Å². The number of halogens is 1. The quantitative estimate of drug-likeness (QED) is 0.694. The van der Waals surface area contributed by atoms with Gasteiger partial charge in [0.2, 0.25) is 5.91 Å². The number of aromatic nitrogens is 2. The Morgan fingerprint density at radius 1 is 1.26 bits per heavy atom. The van der Waals surface area contributed by atoms with Crippen molar-refractivity contribution in [2.24, 2.45) is 7.05 Å². The summed E-state index contributed by atoms with van der Waals surface area (Å²) in [6.45, 7) is 4.85. The van der Waals surface area contributed by atoms with Crippen molar-refractivity contribution in [1.82, 2.24) is 14.9 Å². The Hall–Kier alpha value is -2.89. The maximum Gasteiger partial charge on any atom is 0.223 e. The molecule has 142 valence electrons. The third-order valence-corrected chi connectivity index (χ3v) is 4.75. The van der Waals surface area contributed by atoms with Crippen LogP contribution in [-0.2, 0) is 18.3 Å². The fraction of sp³-hybridized carbons (Fsp3) is 0.333. The lowest BCUT2D eigenvalue weighted by molar-refractivity contribution is -0.121. The molecule has 3 aromatic rings. The number of rotatable bonds is 7. The lowest BCUT2D eigenvalue weighted by atomic mass is 10.1. The standard InChI is InChI=1S/C21H24FN3O2/c1-14-5-4-6-19(15(14)2)27-12-10-21(26)23-11-9-20-24-17-13-16(22)7-8-18(17)25(20)3/h4-8,13H,9-12H2,1-3H3,(H,23,26). The van der Waals surface area contributed by atoms with Crippen LogP contribution in [0.5, 0.6) is 5.75 Å². The Balaban J connectivity index is 1.46. The van der Waals surface area contributed by atoms with Gasteiger partial charge in [0.1, 0.15) is 17.4 Å². The molecule has 0 unspecified atom stereocenters. The van der Waals surface area contributed by atoms with Crippen LogP contribution in [0, 0.1) is 19.7 Å². The van der Waals surface area contributed by atoms with Gasteiger partial charge >= 0.3 is 0 Å². The van der Waals surface area contributed by atoms with Crippen LogP contribution in [0.4, 0.5) is 4.39 Å². The zero-order valence-corrected chi connectivity index (χ0v) is 15.9. The molecule has 0 aliphatic carbocycles. The van der Waals surface area contributed by atoms with E-state index in [-0.39, 0.29) is 11.7 Å². The summed E-state index contributed by atoms with van der Waals surface area (Å²) in [7, 11) is 1.89. The largest absolute Gasteiger partial charge is 0.493 e. The van der Waals surface area contributed by atoms with Crippen molar-refractivity contribution in [3.05, 3.63) is 59.2 Å². The van der Waals surface area contributed by atoms with Gasteiger partial charge in [0.05, 0.1) is 24.1 Å². The monoisotopic (exact) mass is 369 g/mol. The van der Waals surface area contributed by atoms with Crippen LogP contribution < -0.4 is 10.1 Å². The Labute approximate surface area is 158 Å². The van der Waals surface area contributed by atoms with E-state index >= 15 is 0 Å². The second-order valence-corrected chi connectivity index (χ2v) is 6.62. The summed E-state index contributed by atoms with van der Waals surface area (Å²) < 4.78 is 20.9. The van der Waals surface area contributed by atoms with Gasteiger partial charge in [-0.1, -0.05) is 12.1 Å². The summed E-state index contributed by atoms with van der Waals surface area (Å²) in [5.41, 5.74) is 3.76. The lowest BCUT2D eigenvalue weighted by Gasteiger charge is -2.11. The SMILES string of the molecule is Cc1cccc(OCCC(=O)NCCc2nc3cc(F)ccc3n2C)c1C. The van der Waals surface area contributed by atoms with Crippen LogP contribution in [0.25, 0.3) is 11.0 Å². The van der Waals surface area contributed by atoms with E-state index in [1.807, 2.05) is 43.7 Å². The molecular formula is C21H24FN3O2. The molecular weight excluding hydrogens is 345 g/mol. The molecule has 0 atom stereocenters. The maximum atomic E-state index is 13.3. The second-order valence-electron chi connectivity index (χ2n) is 6.62. The number of carbonyl (C=O) groups excluding carboxylic acids is 1. The summed E-state index contributed by atoms with van der Waals surface area (Å²) >= 11 is 0. The van der Waals surface area contributed by atoms with Crippen molar-refractivity contribution in [2.45, 2.75) is 26.7 Å². The molecule has 1 aromatic heterocycles. The molecule has 0 aliphatic heterocycles. The molecule has 3 rings (SSSR count). The van der Waals surface area contributed by atoms with E-state index in [9.17, 15) is 9.18 Å². The number of hydrogen-bond donors (Lipinski definition) is 1. The summed E-state index contributed by atoms with van der Waals surface area (Å²) in [6, 6.07) is 10.4. The van der Waals surface area contributed by atoms with E-state index < -0.39 is 0 Å². The van der Waals surface area contributed by atoms with Crippen molar-refractivity contribution < 1.29 is 13.9 Å². The lowest BCUT2D eigenvalue weighted by Crippen LogP contribution is -2.27. The molecule has 1 heterocycles. The van der Waals surface area contributed by atoms with Gasteiger partial charge in [-0.2, -0.15) is 0 Å². The smallest absolute Gasteiger partial charge is 0.223 e. The first-order valence-electron chi connectivity index (χ1n) is 9.02. The molecule has 1 amide bonds. The molecule has 0 aliphatic rings. The van der Waals surface area contributed by atoms with E-state index in [1.54, 1.807) is 6.07 Å². The minimum Gasteiger partial charge on any atom is -0.493 e. The van der Waals surface area contributed by atoms with Crippen LogP contribution in [0.1, 0.15) is 23.4 Å². The van der Waals surface area contributed by atoms with Gasteiger partial charge < -0.3 is 14.6 Å². The molecule has 0 fully saturated rings. The van der Waals surface area contributed by atoms with Gasteiger partial charge in [-0.05, 0) is 43.2 Å². The predicted molar refractivity (Wildman–Crippen MR) is 103 cm³/mol. The fourth-order valence-corrected chi connectivity index (χ4v) is 2.98. The first-order chi connectivity index (χ1) is 13.0. The molecule has 5 nitrogen and oxygen atoms in total. The fourth-order valence-electron chi connectivity index (χ4n) is 2.98. The number of aryl methyl sites for hydroxylation is 2. The van der Waals surface area contributed by atoms with E-state index in [1.165, 1.54) is 17.7 Å². The predicted octanol–water partition coefficient (Wildman–Crippen LogP) is 3.46. The summed E-state index contributed by atoms with van der Waals surface area (Å²) in [5, 5.41) is 2.88. The van der Waals surface area contributed by atoms with Gasteiger partial charge in [0, 0.05) is 26.1 Å². The van der Waals surface area contributed by atoms with E-state index in [4.69, 9.17) is 4.74 Å². The van der Waals surface area contributed by atoms with E-state index in [0.29, 0.717) is 31.5 Å². The van der Waals surface area contributed by atoms with Crippen LogP contribution in [-0.4, -0.2) is 28.6 Å². The van der Waals surface area contributed by atoms with E-state index in [0.717, 1.165) is 22.7 Å². The Bertz CT molecular complexity index is 965. The van der Waals surface area contributed by atoms with Gasteiger partial charge in [0.25, 0.3) is 0 Å². The minimum atomic E-state index is -0.302. The average Bonchev–Trinajstić information content (AvgIpc) is 2.94. The number of ether oxygens (including phenoxy) is 1. The minimum absolute atomic E-state index is 0.0647. The van der Waals surface area contributed by atoms with Gasteiger partial charge in [0.15, 0.2) is 0 Å². The van der Waals surface area contributed by atoms with Crippen LogP contribution in [0.3, 0.4) is 0 Å².